The van der Waals surface area contributed by atoms with Gasteiger partial charge in [-0.1, -0.05) is 13.0 Å². The van der Waals surface area contributed by atoms with E-state index in [1.54, 1.807) is 23.7 Å². The minimum Gasteiger partial charge on any atom is -0.487 e. The van der Waals surface area contributed by atoms with Crippen LogP contribution >= 0.6 is 11.3 Å². The molecular weight excluding hydrogens is 300 g/mol. The quantitative estimate of drug-likeness (QED) is 0.784. The van der Waals surface area contributed by atoms with Crippen LogP contribution in [0.15, 0.2) is 35.2 Å². The summed E-state index contributed by atoms with van der Waals surface area (Å²) in [5.74, 6) is 0.469. The van der Waals surface area contributed by atoms with Gasteiger partial charge in [0.05, 0.1) is 17.3 Å². The highest BCUT2D eigenvalue weighted by molar-refractivity contribution is 7.07. The van der Waals surface area contributed by atoms with Crippen LogP contribution in [0, 0.1) is 0 Å². The van der Waals surface area contributed by atoms with Crippen LogP contribution in [0.25, 0.3) is 0 Å². The van der Waals surface area contributed by atoms with Gasteiger partial charge >= 0.3 is 0 Å². The third-order valence-corrected chi connectivity index (χ3v) is 3.84. The third-order valence-electron chi connectivity index (χ3n) is 3.20. The zero-order valence-electron chi connectivity index (χ0n) is 12.5. The molecule has 1 aromatic carbocycles. The van der Waals surface area contributed by atoms with Crippen molar-refractivity contribution in [2.45, 2.75) is 32.5 Å². The van der Waals surface area contributed by atoms with Crippen molar-refractivity contribution < 1.29 is 14.6 Å². The molecule has 2 aromatic rings. The normalized spacial score (nSPS) is 11.9. The largest absolute Gasteiger partial charge is 0.487 e. The Bertz CT molecular complexity index is 587. The zero-order chi connectivity index (χ0) is 15.8. The fourth-order valence-electron chi connectivity index (χ4n) is 1.85. The number of thiazole rings is 1. The van der Waals surface area contributed by atoms with Crippen molar-refractivity contribution >= 4 is 17.2 Å². The molecule has 0 aliphatic heterocycles. The standard InChI is InChI=1S/C16H20N2O3S/c1-2-14(19)6-7-17-16(20)12-4-3-5-15(8-12)21-9-13-10-22-11-18-13/h3-5,8,10-11,14,19H,2,6-7,9H2,1H3,(H,17,20). The van der Waals surface area contributed by atoms with Crippen molar-refractivity contribution in [3.63, 3.8) is 0 Å². The summed E-state index contributed by atoms with van der Waals surface area (Å²) in [4.78, 5) is 16.2. The van der Waals surface area contributed by atoms with Gasteiger partial charge in [-0.05, 0) is 31.0 Å². The predicted molar refractivity (Wildman–Crippen MR) is 86.1 cm³/mol. The van der Waals surface area contributed by atoms with E-state index in [2.05, 4.69) is 10.3 Å². The van der Waals surface area contributed by atoms with Crippen LogP contribution < -0.4 is 10.1 Å². The van der Waals surface area contributed by atoms with Crippen molar-refractivity contribution in [2.75, 3.05) is 6.54 Å². The molecule has 1 atom stereocenters. The number of nitrogens with zero attached hydrogens (tertiary/aromatic N) is 1. The van der Waals surface area contributed by atoms with Crippen LogP contribution in [-0.4, -0.2) is 28.6 Å². The van der Waals surface area contributed by atoms with Gasteiger partial charge < -0.3 is 15.2 Å². The van der Waals surface area contributed by atoms with Crippen LogP contribution in [0.4, 0.5) is 0 Å². The topological polar surface area (TPSA) is 71.5 Å². The lowest BCUT2D eigenvalue weighted by Gasteiger charge is -2.10. The lowest BCUT2D eigenvalue weighted by atomic mass is 10.2. The van der Waals surface area contributed by atoms with E-state index in [1.807, 2.05) is 18.4 Å². The average molecular weight is 320 g/mol. The van der Waals surface area contributed by atoms with Crippen molar-refractivity contribution in [3.8, 4) is 5.75 Å². The number of amides is 1. The molecule has 0 bridgehead atoms. The summed E-state index contributed by atoms with van der Waals surface area (Å²) in [6.07, 6.45) is 0.881. The number of carbonyl (C=O) groups is 1. The molecule has 0 aliphatic rings. The molecule has 0 radical (unpaired) electrons. The summed E-state index contributed by atoms with van der Waals surface area (Å²) in [6.45, 7) is 2.75. The second-order valence-electron chi connectivity index (χ2n) is 4.90. The molecule has 0 fully saturated rings. The molecule has 1 unspecified atom stereocenters. The lowest BCUT2D eigenvalue weighted by Crippen LogP contribution is -2.27. The van der Waals surface area contributed by atoms with Gasteiger partial charge in [0.15, 0.2) is 0 Å². The SMILES string of the molecule is CCC(O)CCNC(=O)c1cccc(OCc2cscn2)c1. The Hall–Kier alpha value is -1.92. The summed E-state index contributed by atoms with van der Waals surface area (Å²) in [6, 6.07) is 7.04. The van der Waals surface area contributed by atoms with E-state index < -0.39 is 0 Å². The van der Waals surface area contributed by atoms with Crippen LogP contribution in [0.2, 0.25) is 0 Å². The van der Waals surface area contributed by atoms with E-state index in [1.165, 1.54) is 11.3 Å². The van der Waals surface area contributed by atoms with Gasteiger partial charge in [-0.25, -0.2) is 4.98 Å². The number of benzene rings is 1. The highest BCUT2D eigenvalue weighted by Crippen LogP contribution is 2.15. The van der Waals surface area contributed by atoms with E-state index in [-0.39, 0.29) is 12.0 Å². The number of carbonyl (C=O) groups excluding carboxylic acids is 1. The summed E-state index contributed by atoms with van der Waals surface area (Å²) in [7, 11) is 0. The highest BCUT2D eigenvalue weighted by atomic mass is 32.1. The molecule has 0 aliphatic carbocycles. The maximum atomic E-state index is 12.0. The highest BCUT2D eigenvalue weighted by Gasteiger charge is 2.08. The van der Waals surface area contributed by atoms with Gasteiger partial charge in [-0.2, -0.15) is 0 Å². The molecule has 2 N–H and O–H groups in total. The molecule has 0 spiro atoms. The second kappa shape index (κ2) is 8.51. The summed E-state index contributed by atoms with van der Waals surface area (Å²) < 4.78 is 5.63. The number of nitrogens with one attached hydrogen (secondary N) is 1. The van der Waals surface area contributed by atoms with E-state index in [9.17, 15) is 9.90 Å². The first-order chi connectivity index (χ1) is 10.7. The molecule has 2 rings (SSSR count). The van der Waals surface area contributed by atoms with Crippen LogP contribution in [-0.2, 0) is 6.61 Å². The van der Waals surface area contributed by atoms with Gasteiger partial charge in [0.2, 0.25) is 0 Å². The van der Waals surface area contributed by atoms with E-state index >= 15 is 0 Å². The Labute approximate surface area is 134 Å². The lowest BCUT2D eigenvalue weighted by molar-refractivity contribution is 0.0941. The number of hydrogen-bond donors (Lipinski definition) is 2. The molecule has 118 valence electrons. The van der Waals surface area contributed by atoms with Gasteiger partial charge in [0, 0.05) is 17.5 Å². The number of aliphatic hydroxyl groups excluding tert-OH is 1. The summed E-state index contributed by atoms with van der Waals surface area (Å²) in [5, 5.41) is 14.2. The molecule has 6 heteroatoms. The first-order valence-electron chi connectivity index (χ1n) is 7.25. The average Bonchev–Trinajstić information content (AvgIpc) is 3.06. The Balaban J connectivity index is 1.85. The van der Waals surface area contributed by atoms with Gasteiger partial charge in [-0.3, -0.25) is 4.79 Å². The second-order valence-corrected chi connectivity index (χ2v) is 5.62. The van der Waals surface area contributed by atoms with Crippen molar-refractivity contribution in [1.82, 2.24) is 10.3 Å². The monoisotopic (exact) mass is 320 g/mol. The first-order valence-corrected chi connectivity index (χ1v) is 8.19. The maximum absolute atomic E-state index is 12.0. The van der Waals surface area contributed by atoms with E-state index in [0.717, 1.165) is 5.69 Å². The number of rotatable bonds is 8. The predicted octanol–water partition coefficient (Wildman–Crippen LogP) is 2.61. The van der Waals surface area contributed by atoms with Crippen molar-refractivity contribution in [3.05, 3.63) is 46.4 Å². The fourth-order valence-corrected chi connectivity index (χ4v) is 2.39. The molecule has 0 saturated carbocycles. The minimum absolute atomic E-state index is 0.164. The molecule has 22 heavy (non-hydrogen) atoms. The maximum Gasteiger partial charge on any atom is 0.251 e. The zero-order valence-corrected chi connectivity index (χ0v) is 13.3. The Morgan fingerprint density at radius 2 is 2.36 bits per heavy atom. The summed E-state index contributed by atoms with van der Waals surface area (Å²) >= 11 is 1.52. The molecule has 1 amide bonds. The third kappa shape index (κ3) is 5.13. The van der Waals surface area contributed by atoms with Crippen molar-refractivity contribution in [2.24, 2.45) is 0 Å². The molecule has 0 saturated heterocycles. The summed E-state index contributed by atoms with van der Waals surface area (Å²) in [5.41, 5.74) is 3.17. The van der Waals surface area contributed by atoms with Crippen LogP contribution in [0.5, 0.6) is 5.75 Å². The van der Waals surface area contributed by atoms with Gasteiger partial charge in [0.25, 0.3) is 5.91 Å². The molecular formula is C16H20N2O3S. The molecule has 5 nitrogen and oxygen atoms in total. The van der Waals surface area contributed by atoms with E-state index in [4.69, 9.17) is 4.74 Å². The Kier molecular flexibility index (Phi) is 6.36. The fraction of sp³-hybridized carbons (Fsp3) is 0.375. The van der Waals surface area contributed by atoms with Crippen LogP contribution in [0.1, 0.15) is 35.8 Å². The molecule has 1 aromatic heterocycles. The Morgan fingerprint density at radius 3 is 3.09 bits per heavy atom. The molecule has 1 heterocycles. The Morgan fingerprint density at radius 1 is 1.50 bits per heavy atom. The van der Waals surface area contributed by atoms with E-state index in [0.29, 0.717) is 37.3 Å². The van der Waals surface area contributed by atoms with Gasteiger partial charge in [0.1, 0.15) is 12.4 Å². The van der Waals surface area contributed by atoms with Crippen molar-refractivity contribution in [1.29, 1.82) is 0 Å². The minimum atomic E-state index is -0.368. The number of aliphatic hydroxyl groups is 1. The first kappa shape index (κ1) is 16.5. The number of ether oxygens (including phenoxy) is 1. The van der Waals surface area contributed by atoms with Gasteiger partial charge in [-0.15, -0.1) is 11.3 Å². The number of aromatic nitrogens is 1. The van der Waals surface area contributed by atoms with Crippen LogP contribution in [0.3, 0.4) is 0 Å². The smallest absolute Gasteiger partial charge is 0.251 e. The number of hydrogen-bond acceptors (Lipinski definition) is 5.